The highest BCUT2D eigenvalue weighted by Gasteiger charge is 2.18. The second-order valence-corrected chi connectivity index (χ2v) is 7.67. The van der Waals surface area contributed by atoms with E-state index in [1.807, 2.05) is 72.8 Å². The van der Waals surface area contributed by atoms with Crippen LogP contribution in [0.5, 0.6) is 0 Å². The molecule has 4 aromatic rings. The number of hydrogen-bond donors (Lipinski definition) is 1. The van der Waals surface area contributed by atoms with Crippen LogP contribution in [0, 0.1) is 0 Å². The summed E-state index contributed by atoms with van der Waals surface area (Å²) in [5.74, 6) is -0.249. The van der Waals surface area contributed by atoms with E-state index >= 15 is 0 Å². The van der Waals surface area contributed by atoms with Crippen molar-refractivity contribution < 1.29 is 4.79 Å². The van der Waals surface area contributed by atoms with E-state index in [2.05, 4.69) is 16.6 Å². The van der Waals surface area contributed by atoms with Gasteiger partial charge in [-0.1, -0.05) is 66.2 Å². The van der Waals surface area contributed by atoms with Crippen LogP contribution < -0.4 is 5.43 Å². The minimum absolute atomic E-state index is 0.249. The van der Waals surface area contributed by atoms with Crippen molar-refractivity contribution in [3.8, 4) is 11.3 Å². The number of carbonyl (C=O) groups is 1. The smallest absolute Gasteiger partial charge is 0.267 e. The Morgan fingerprint density at radius 3 is 2.57 bits per heavy atom. The standard InChI is InChI=1S/C25H18ClN3O/c26-18-12-9-17(10-13-18)24-15-21(20-7-3-4-8-22(20)27-24)25(30)29-28-23-14-11-16-5-1-2-6-19(16)23/h1-10,12-13,15H,11,14H2,(H,29,30). The van der Waals surface area contributed by atoms with Crippen molar-refractivity contribution in [2.75, 3.05) is 0 Å². The molecule has 30 heavy (non-hydrogen) atoms. The first-order valence-corrected chi connectivity index (χ1v) is 10.2. The van der Waals surface area contributed by atoms with Gasteiger partial charge in [0.25, 0.3) is 5.91 Å². The lowest BCUT2D eigenvalue weighted by molar-refractivity contribution is 0.0956. The van der Waals surface area contributed by atoms with Crippen LogP contribution in [-0.2, 0) is 6.42 Å². The topological polar surface area (TPSA) is 54.4 Å². The van der Waals surface area contributed by atoms with E-state index in [0.717, 1.165) is 46.3 Å². The fraction of sp³-hybridized carbons (Fsp3) is 0.0800. The first kappa shape index (κ1) is 18.5. The highest BCUT2D eigenvalue weighted by molar-refractivity contribution is 6.30. The van der Waals surface area contributed by atoms with Gasteiger partial charge >= 0.3 is 0 Å². The van der Waals surface area contributed by atoms with Gasteiger partial charge < -0.3 is 0 Å². The fourth-order valence-corrected chi connectivity index (χ4v) is 3.96. The van der Waals surface area contributed by atoms with Gasteiger partial charge in [0.05, 0.1) is 22.5 Å². The van der Waals surface area contributed by atoms with Crippen molar-refractivity contribution in [2.45, 2.75) is 12.8 Å². The molecule has 0 atom stereocenters. The van der Waals surface area contributed by atoms with E-state index < -0.39 is 0 Å². The Morgan fingerprint density at radius 1 is 0.933 bits per heavy atom. The van der Waals surface area contributed by atoms with Gasteiger partial charge in [0.2, 0.25) is 0 Å². The summed E-state index contributed by atoms with van der Waals surface area (Å²) in [4.78, 5) is 17.8. The summed E-state index contributed by atoms with van der Waals surface area (Å²) < 4.78 is 0. The molecule has 0 saturated carbocycles. The third-order valence-corrected chi connectivity index (χ3v) is 5.60. The molecule has 0 saturated heterocycles. The number of aromatic nitrogens is 1. The first-order chi connectivity index (χ1) is 14.7. The SMILES string of the molecule is O=C(NN=C1CCc2ccccc21)c1cc(-c2ccc(Cl)cc2)nc2ccccc12. The second kappa shape index (κ2) is 7.73. The molecule has 146 valence electrons. The monoisotopic (exact) mass is 411 g/mol. The van der Waals surface area contributed by atoms with Crippen LogP contribution >= 0.6 is 11.6 Å². The molecule has 0 spiro atoms. The number of halogens is 1. The molecule has 1 heterocycles. The average Bonchev–Trinajstić information content (AvgIpc) is 3.20. The molecule has 1 N–H and O–H groups in total. The normalized spacial score (nSPS) is 14.1. The quantitative estimate of drug-likeness (QED) is 0.444. The number of hydrazone groups is 1. The number of amides is 1. The Morgan fingerprint density at radius 2 is 1.70 bits per heavy atom. The van der Waals surface area contributed by atoms with E-state index in [1.54, 1.807) is 0 Å². The summed E-state index contributed by atoms with van der Waals surface area (Å²) in [7, 11) is 0. The summed E-state index contributed by atoms with van der Waals surface area (Å²) in [6, 6.07) is 25.1. The number of aryl methyl sites for hydroxylation is 1. The Hall–Kier alpha value is -3.50. The van der Waals surface area contributed by atoms with Crippen molar-refractivity contribution in [3.63, 3.8) is 0 Å². The number of carbonyl (C=O) groups excluding carboxylic acids is 1. The third-order valence-electron chi connectivity index (χ3n) is 5.35. The molecule has 1 aliphatic carbocycles. The fourth-order valence-electron chi connectivity index (χ4n) is 3.83. The lowest BCUT2D eigenvalue weighted by atomic mass is 10.0. The van der Waals surface area contributed by atoms with Gasteiger partial charge in [-0.05, 0) is 42.7 Å². The molecular weight excluding hydrogens is 394 g/mol. The highest BCUT2D eigenvalue weighted by Crippen LogP contribution is 2.26. The van der Waals surface area contributed by atoms with Crippen LogP contribution in [0.15, 0.2) is 84.0 Å². The van der Waals surface area contributed by atoms with Crippen molar-refractivity contribution in [3.05, 3.63) is 101 Å². The van der Waals surface area contributed by atoms with Gasteiger partial charge in [-0.3, -0.25) is 4.79 Å². The Balaban J connectivity index is 1.52. The highest BCUT2D eigenvalue weighted by atomic mass is 35.5. The number of para-hydroxylation sites is 1. The molecule has 0 fully saturated rings. The molecular formula is C25H18ClN3O. The molecule has 5 rings (SSSR count). The van der Waals surface area contributed by atoms with Gasteiger partial charge in [-0.2, -0.15) is 5.10 Å². The van der Waals surface area contributed by atoms with Gasteiger partial charge in [0, 0.05) is 21.5 Å². The minimum atomic E-state index is -0.249. The maximum absolute atomic E-state index is 13.1. The largest absolute Gasteiger partial charge is 0.272 e. The molecule has 5 heteroatoms. The number of benzene rings is 3. The molecule has 0 bridgehead atoms. The average molecular weight is 412 g/mol. The summed E-state index contributed by atoms with van der Waals surface area (Å²) in [6.07, 6.45) is 1.77. The van der Waals surface area contributed by atoms with E-state index in [4.69, 9.17) is 16.6 Å². The predicted octanol–water partition coefficient (Wildman–Crippen LogP) is 5.64. The lowest BCUT2D eigenvalue weighted by Crippen LogP contribution is -2.20. The maximum atomic E-state index is 13.1. The number of fused-ring (bicyclic) bond motifs is 2. The van der Waals surface area contributed by atoms with Gasteiger partial charge in [0.1, 0.15) is 0 Å². The summed E-state index contributed by atoms with van der Waals surface area (Å²) in [5, 5.41) is 5.89. The second-order valence-electron chi connectivity index (χ2n) is 7.24. The Bertz CT molecular complexity index is 1300. The van der Waals surface area contributed by atoms with Crippen molar-refractivity contribution in [1.82, 2.24) is 10.4 Å². The van der Waals surface area contributed by atoms with E-state index in [1.165, 1.54) is 5.56 Å². The van der Waals surface area contributed by atoms with E-state index in [-0.39, 0.29) is 5.91 Å². The number of rotatable bonds is 3. The Labute approximate surface area is 179 Å². The van der Waals surface area contributed by atoms with E-state index in [0.29, 0.717) is 10.6 Å². The summed E-state index contributed by atoms with van der Waals surface area (Å²) in [6.45, 7) is 0. The van der Waals surface area contributed by atoms with Gasteiger partial charge in [-0.15, -0.1) is 0 Å². The summed E-state index contributed by atoms with van der Waals surface area (Å²) >= 11 is 6.02. The van der Waals surface area contributed by atoms with Crippen molar-refractivity contribution in [1.29, 1.82) is 0 Å². The molecule has 0 unspecified atom stereocenters. The number of hydrogen-bond acceptors (Lipinski definition) is 3. The molecule has 4 nitrogen and oxygen atoms in total. The number of nitrogens with one attached hydrogen (secondary N) is 1. The zero-order chi connectivity index (χ0) is 20.5. The third kappa shape index (κ3) is 3.46. The van der Waals surface area contributed by atoms with E-state index in [9.17, 15) is 4.79 Å². The van der Waals surface area contributed by atoms with Crippen LogP contribution in [-0.4, -0.2) is 16.6 Å². The molecule has 1 aliphatic rings. The predicted molar refractivity (Wildman–Crippen MR) is 121 cm³/mol. The van der Waals surface area contributed by atoms with Crippen LogP contribution in [0.4, 0.5) is 0 Å². The van der Waals surface area contributed by atoms with Crippen molar-refractivity contribution >= 4 is 34.1 Å². The lowest BCUT2D eigenvalue weighted by Gasteiger charge is -2.09. The molecule has 0 radical (unpaired) electrons. The van der Waals surface area contributed by atoms with Gasteiger partial charge in [0.15, 0.2) is 0 Å². The molecule has 0 aliphatic heterocycles. The number of pyridine rings is 1. The van der Waals surface area contributed by atoms with Crippen molar-refractivity contribution in [2.24, 2.45) is 5.10 Å². The van der Waals surface area contributed by atoms with Crippen LogP contribution in [0.3, 0.4) is 0 Å². The number of nitrogens with zero attached hydrogens (tertiary/aromatic N) is 2. The van der Waals surface area contributed by atoms with Gasteiger partial charge in [-0.25, -0.2) is 10.4 Å². The zero-order valence-corrected chi connectivity index (χ0v) is 16.9. The first-order valence-electron chi connectivity index (χ1n) is 9.80. The summed E-state index contributed by atoms with van der Waals surface area (Å²) in [5.41, 5.74) is 8.97. The molecule has 3 aromatic carbocycles. The van der Waals surface area contributed by atoms with Crippen LogP contribution in [0.1, 0.15) is 27.9 Å². The molecule has 1 amide bonds. The van der Waals surface area contributed by atoms with Crippen LogP contribution in [0.2, 0.25) is 5.02 Å². The maximum Gasteiger partial charge on any atom is 0.272 e. The zero-order valence-electron chi connectivity index (χ0n) is 16.1. The van der Waals surface area contributed by atoms with Crippen LogP contribution in [0.25, 0.3) is 22.2 Å². The Kier molecular flexibility index (Phi) is 4.77. The molecule has 1 aromatic heterocycles. The minimum Gasteiger partial charge on any atom is -0.267 e.